The fourth-order valence-electron chi connectivity index (χ4n) is 3.91. The molecule has 0 saturated carbocycles. The highest BCUT2D eigenvalue weighted by atomic mass is 19.4. The van der Waals surface area contributed by atoms with Gasteiger partial charge in [-0.3, -0.25) is 19.7 Å². The van der Waals surface area contributed by atoms with Crippen LogP contribution in [-0.2, 0) is 19.2 Å². The van der Waals surface area contributed by atoms with Crippen molar-refractivity contribution in [3.63, 3.8) is 0 Å². The van der Waals surface area contributed by atoms with Crippen LogP contribution in [0, 0.1) is 18.8 Å². The fourth-order valence-corrected chi connectivity index (χ4v) is 3.91. The third kappa shape index (κ3) is 6.80. The third-order valence-corrected chi connectivity index (χ3v) is 5.55. The number of nitrogens with zero attached hydrogens (tertiary/aromatic N) is 3. The van der Waals surface area contributed by atoms with Crippen molar-refractivity contribution in [1.82, 2.24) is 19.9 Å². The number of nitrogens with one attached hydrogen (secondary N) is 1. The highest BCUT2D eigenvalue weighted by molar-refractivity contribution is 6.00. The summed E-state index contributed by atoms with van der Waals surface area (Å²) in [6.45, 7) is 4.28. The Morgan fingerprint density at radius 1 is 1.29 bits per heavy atom. The molecule has 4 heterocycles. The number of aliphatic carboxylic acids is 1. The molecule has 2 N–H and O–H groups in total. The van der Waals surface area contributed by atoms with Gasteiger partial charge in [-0.2, -0.15) is 18.2 Å². The van der Waals surface area contributed by atoms with E-state index < -0.39 is 18.2 Å². The molecule has 0 bridgehead atoms. The number of hydroxylamine groups is 2. The van der Waals surface area contributed by atoms with Gasteiger partial charge in [-0.1, -0.05) is 18.3 Å². The summed E-state index contributed by atoms with van der Waals surface area (Å²) in [7, 11) is 0. The van der Waals surface area contributed by atoms with Crippen molar-refractivity contribution in [3.05, 3.63) is 29.6 Å². The summed E-state index contributed by atoms with van der Waals surface area (Å²) >= 11 is 0. The van der Waals surface area contributed by atoms with Crippen molar-refractivity contribution in [3.8, 4) is 11.8 Å². The number of carboxylic acids is 1. The van der Waals surface area contributed by atoms with Crippen LogP contribution < -0.4 is 5.32 Å². The molecule has 2 fully saturated rings. The Kier molecular flexibility index (Phi) is 8.48. The lowest BCUT2D eigenvalue weighted by molar-refractivity contribution is -0.192. The monoisotopic (exact) mass is 494 g/mol. The summed E-state index contributed by atoms with van der Waals surface area (Å²) in [4.78, 5) is 42.8. The third-order valence-electron chi connectivity index (χ3n) is 5.55. The number of amides is 2. The number of hydrogen-bond acceptors (Lipinski definition) is 6. The second-order valence-electron chi connectivity index (χ2n) is 8.11. The zero-order chi connectivity index (χ0) is 25.6. The molecule has 2 saturated heterocycles. The zero-order valence-electron chi connectivity index (χ0n) is 19.0. The molecule has 4 rings (SSSR count). The van der Waals surface area contributed by atoms with E-state index in [2.05, 4.69) is 22.1 Å². The molecule has 9 nitrogen and oxygen atoms in total. The molecule has 2 aliphatic heterocycles. The molecule has 1 atom stereocenters. The first kappa shape index (κ1) is 26.2. The van der Waals surface area contributed by atoms with Gasteiger partial charge in [0.2, 0.25) is 11.8 Å². The molecule has 0 spiro atoms. The van der Waals surface area contributed by atoms with E-state index in [0.29, 0.717) is 19.4 Å². The molecule has 12 heteroatoms. The molecular weight excluding hydrogens is 469 g/mol. The van der Waals surface area contributed by atoms with Crippen LogP contribution in [0.5, 0.6) is 0 Å². The fraction of sp³-hybridized carbons (Fsp3) is 0.478. The van der Waals surface area contributed by atoms with Crippen molar-refractivity contribution in [2.45, 2.75) is 51.2 Å². The van der Waals surface area contributed by atoms with Gasteiger partial charge in [-0.25, -0.2) is 9.78 Å². The van der Waals surface area contributed by atoms with E-state index in [9.17, 15) is 22.8 Å². The average molecular weight is 494 g/mol. The second-order valence-corrected chi connectivity index (χ2v) is 8.11. The minimum absolute atomic E-state index is 0.220. The van der Waals surface area contributed by atoms with Crippen molar-refractivity contribution < 1.29 is 37.5 Å². The summed E-state index contributed by atoms with van der Waals surface area (Å²) in [6.07, 6.45) is 2.98. The largest absolute Gasteiger partial charge is 0.490 e. The minimum Gasteiger partial charge on any atom is -0.475 e. The second kappa shape index (κ2) is 11.3. The molecule has 2 amide bonds. The SMILES string of the molecule is Cc1cn(C2CCC(=O)NC2=O)c2nccc(C#CCON3CCCCC3)c12.O=C(O)C(F)(F)F. The lowest BCUT2D eigenvalue weighted by atomic mass is 10.1. The van der Waals surface area contributed by atoms with Gasteiger partial charge in [0, 0.05) is 42.9 Å². The summed E-state index contributed by atoms with van der Waals surface area (Å²) in [5, 5.41) is 12.5. The number of fused-ring (bicyclic) bond motifs is 1. The number of halogens is 3. The van der Waals surface area contributed by atoms with E-state index >= 15 is 0 Å². The molecule has 2 aromatic rings. The van der Waals surface area contributed by atoms with Crippen LogP contribution in [-0.4, -0.2) is 63.4 Å². The molecule has 0 radical (unpaired) electrons. The minimum atomic E-state index is -5.08. The van der Waals surface area contributed by atoms with E-state index in [1.807, 2.05) is 28.8 Å². The van der Waals surface area contributed by atoms with E-state index in [1.165, 1.54) is 19.3 Å². The molecular formula is C23H25F3N4O5. The number of carbonyl (C=O) groups is 3. The van der Waals surface area contributed by atoms with Crippen LogP contribution in [0.25, 0.3) is 11.0 Å². The number of rotatable bonds is 3. The molecule has 1 unspecified atom stereocenters. The predicted molar refractivity (Wildman–Crippen MR) is 118 cm³/mol. The van der Waals surface area contributed by atoms with Crippen molar-refractivity contribution in [2.75, 3.05) is 19.7 Å². The standard InChI is InChI=1S/C21H24N4O3.C2HF3O2/c1-15-14-25(17-7-8-18(26)23-21(17)27)20-19(15)16(9-10-22-20)6-5-13-28-24-11-3-2-4-12-24;3-2(4,5)1(6)7/h9-10,14,17H,2-4,7-8,11-13H2,1H3,(H,23,26,27);(H,6,7). The van der Waals surface area contributed by atoms with Crippen LogP contribution in [0.15, 0.2) is 18.5 Å². The van der Waals surface area contributed by atoms with Crippen molar-refractivity contribution in [2.24, 2.45) is 0 Å². The zero-order valence-corrected chi connectivity index (χ0v) is 19.0. The van der Waals surface area contributed by atoms with Gasteiger partial charge in [0.05, 0.1) is 0 Å². The number of carboxylic acid groups (broad SMARTS) is 1. The van der Waals surface area contributed by atoms with Gasteiger partial charge in [-0.05, 0) is 37.8 Å². The van der Waals surface area contributed by atoms with Gasteiger partial charge in [0.15, 0.2) is 0 Å². The number of aromatic nitrogens is 2. The maximum Gasteiger partial charge on any atom is 0.490 e. The molecule has 2 aromatic heterocycles. The Bertz CT molecular complexity index is 1160. The summed E-state index contributed by atoms with van der Waals surface area (Å²) < 4.78 is 33.6. The first-order valence-electron chi connectivity index (χ1n) is 11.0. The normalized spacial score (nSPS) is 18.8. The summed E-state index contributed by atoms with van der Waals surface area (Å²) in [5.74, 6) is 3.04. The lowest BCUT2D eigenvalue weighted by Gasteiger charge is -2.24. The molecule has 0 aliphatic carbocycles. The Balaban J connectivity index is 0.000000429. The van der Waals surface area contributed by atoms with Crippen LogP contribution in [0.1, 0.15) is 49.3 Å². The topological polar surface area (TPSA) is 114 Å². The summed E-state index contributed by atoms with van der Waals surface area (Å²) in [6, 6.07) is 1.46. The number of carbonyl (C=O) groups excluding carboxylic acids is 2. The first-order valence-corrected chi connectivity index (χ1v) is 11.0. The maximum atomic E-state index is 12.3. The lowest BCUT2D eigenvalue weighted by Crippen LogP contribution is -2.41. The van der Waals surface area contributed by atoms with E-state index in [4.69, 9.17) is 14.7 Å². The highest BCUT2D eigenvalue weighted by Gasteiger charge is 2.38. The number of imide groups is 1. The Morgan fingerprint density at radius 2 is 1.97 bits per heavy atom. The number of alkyl halides is 3. The van der Waals surface area contributed by atoms with Gasteiger partial charge in [0.1, 0.15) is 18.3 Å². The Labute approximate surface area is 199 Å². The van der Waals surface area contributed by atoms with Gasteiger partial charge < -0.3 is 9.67 Å². The average Bonchev–Trinajstić information content (AvgIpc) is 3.14. The van der Waals surface area contributed by atoms with Gasteiger partial charge >= 0.3 is 12.1 Å². The Morgan fingerprint density at radius 3 is 2.60 bits per heavy atom. The maximum absolute atomic E-state index is 12.3. The van der Waals surface area contributed by atoms with E-state index in [-0.39, 0.29) is 11.8 Å². The van der Waals surface area contributed by atoms with Crippen molar-refractivity contribution in [1.29, 1.82) is 0 Å². The van der Waals surface area contributed by atoms with Crippen LogP contribution in [0.3, 0.4) is 0 Å². The highest BCUT2D eigenvalue weighted by Crippen LogP contribution is 2.28. The van der Waals surface area contributed by atoms with E-state index in [1.54, 1.807) is 6.20 Å². The van der Waals surface area contributed by atoms with Gasteiger partial charge in [-0.15, -0.1) is 0 Å². The van der Waals surface area contributed by atoms with Crippen LogP contribution in [0.2, 0.25) is 0 Å². The molecule has 0 aromatic carbocycles. The predicted octanol–water partition coefficient (Wildman–Crippen LogP) is 2.72. The number of hydrogen-bond donors (Lipinski definition) is 2. The number of piperidine rings is 2. The van der Waals surface area contributed by atoms with Crippen molar-refractivity contribution >= 4 is 28.8 Å². The quantitative estimate of drug-likeness (QED) is 0.498. The molecule has 2 aliphatic rings. The molecule has 188 valence electrons. The number of pyridine rings is 1. The van der Waals surface area contributed by atoms with Crippen LogP contribution >= 0.6 is 0 Å². The first-order chi connectivity index (χ1) is 16.6. The number of aryl methyl sites for hydroxylation is 1. The smallest absolute Gasteiger partial charge is 0.475 e. The Hall–Kier alpha value is -3.43. The van der Waals surface area contributed by atoms with Crippen LogP contribution in [0.4, 0.5) is 13.2 Å². The summed E-state index contributed by atoms with van der Waals surface area (Å²) in [5.41, 5.74) is 2.60. The van der Waals surface area contributed by atoms with Gasteiger partial charge in [0.25, 0.3) is 0 Å². The molecule has 35 heavy (non-hydrogen) atoms. The van der Waals surface area contributed by atoms with E-state index in [0.717, 1.165) is 35.2 Å².